The summed E-state index contributed by atoms with van der Waals surface area (Å²) in [5.41, 5.74) is 4.11. The van der Waals surface area contributed by atoms with Crippen LogP contribution in [0.15, 0.2) is 24.3 Å². The number of nitrogens with one attached hydrogen (secondary N) is 1. The Morgan fingerprint density at radius 3 is 2.50 bits per heavy atom. The molecule has 0 unspecified atom stereocenters. The Hall–Kier alpha value is -1.55. The van der Waals surface area contributed by atoms with Crippen LogP contribution in [0.4, 0.5) is 5.69 Å². The van der Waals surface area contributed by atoms with Crippen LogP contribution in [0.3, 0.4) is 0 Å². The highest BCUT2D eigenvalue weighted by molar-refractivity contribution is 5.93. The molecule has 100 valence electrons. The minimum Gasteiger partial charge on any atom is -0.375 e. The highest BCUT2D eigenvalue weighted by atomic mass is 16.6. The Kier molecular flexibility index (Phi) is 6.22. The summed E-state index contributed by atoms with van der Waals surface area (Å²) in [6.45, 7) is 5.49. The maximum absolute atomic E-state index is 11.6. The summed E-state index contributed by atoms with van der Waals surface area (Å²) in [5, 5.41) is 0. The van der Waals surface area contributed by atoms with Gasteiger partial charge in [-0.2, -0.15) is 0 Å². The van der Waals surface area contributed by atoms with Gasteiger partial charge in [-0.1, -0.05) is 13.3 Å². The topological polar surface area (TPSA) is 41.6 Å². The molecule has 0 aliphatic carbocycles. The average Bonchev–Trinajstić information content (AvgIpc) is 2.42. The van der Waals surface area contributed by atoms with E-state index < -0.39 is 0 Å². The molecule has 0 aliphatic rings. The van der Waals surface area contributed by atoms with E-state index in [1.54, 1.807) is 0 Å². The predicted molar refractivity (Wildman–Crippen MR) is 73.7 cm³/mol. The molecule has 18 heavy (non-hydrogen) atoms. The van der Waals surface area contributed by atoms with E-state index in [1.165, 1.54) is 12.8 Å². The number of carbonyl (C=O) groups excluding carboxylic acids is 1. The number of hydroxylamine groups is 1. The molecule has 4 nitrogen and oxygen atoms in total. The minimum atomic E-state index is -0.209. The average molecular weight is 250 g/mol. The number of nitrogens with zero attached hydrogens (tertiary/aromatic N) is 1. The van der Waals surface area contributed by atoms with Gasteiger partial charge in [0.2, 0.25) is 0 Å². The van der Waals surface area contributed by atoms with Crippen molar-refractivity contribution < 1.29 is 9.63 Å². The first-order valence-corrected chi connectivity index (χ1v) is 6.42. The lowest BCUT2D eigenvalue weighted by molar-refractivity contribution is 0.0364. The third-order valence-corrected chi connectivity index (χ3v) is 2.73. The highest BCUT2D eigenvalue weighted by Crippen LogP contribution is 2.14. The van der Waals surface area contributed by atoms with Crippen molar-refractivity contribution in [2.75, 3.05) is 25.1 Å². The minimum absolute atomic E-state index is 0.209. The number of unbranched alkanes of at least 4 members (excludes halogenated alkanes) is 1. The maximum atomic E-state index is 11.6. The van der Waals surface area contributed by atoms with Gasteiger partial charge in [-0.3, -0.25) is 9.63 Å². The molecular formula is C14H22N2O2. The van der Waals surface area contributed by atoms with E-state index in [0.29, 0.717) is 12.2 Å². The van der Waals surface area contributed by atoms with Gasteiger partial charge >= 0.3 is 0 Å². The number of carbonyl (C=O) groups is 1. The zero-order valence-electron chi connectivity index (χ0n) is 11.4. The fourth-order valence-electron chi connectivity index (χ4n) is 1.59. The van der Waals surface area contributed by atoms with Crippen LogP contribution in [0.1, 0.15) is 37.0 Å². The molecule has 0 aliphatic heterocycles. The van der Waals surface area contributed by atoms with Gasteiger partial charge in [0.15, 0.2) is 0 Å². The number of amides is 1. The lowest BCUT2D eigenvalue weighted by atomic mass is 10.2. The number of benzene rings is 1. The van der Waals surface area contributed by atoms with Crippen LogP contribution >= 0.6 is 0 Å². The molecule has 0 radical (unpaired) electrons. The summed E-state index contributed by atoms with van der Waals surface area (Å²) in [6.07, 6.45) is 2.35. The van der Waals surface area contributed by atoms with Crippen LogP contribution in [0.2, 0.25) is 0 Å². The van der Waals surface area contributed by atoms with Gasteiger partial charge in [0.05, 0.1) is 6.61 Å². The van der Waals surface area contributed by atoms with E-state index in [1.807, 2.05) is 31.2 Å². The second kappa shape index (κ2) is 7.71. The molecule has 0 saturated heterocycles. The molecule has 0 fully saturated rings. The quantitative estimate of drug-likeness (QED) is 0.756. The van der Waals surface area contributed by atoms with Crippen LogP contribution in [-0.2, 0) is 4.84 Å². The first-order valence-electron chi connectivity index (χ1n) is 6.42. The number of hydrogen-bond donors (Lipinski definition) is 1. The van der Waals surface area contributed by atoms with E-state index in [4.69, 9.17) is 4.84 Å². The number of rotatable bonds is 7. The van der Waals surface area contributed by atoms with Gasteiger partial charge in [-0.05, 0) is 37.6 Å². The van der Waals surface area contributed by atoms with Crippen LogP contribution in [0.5, 0.6) is 0 Å². The molecule has 0 bridgehead atoms. The van der Waals surface area contributed by atoms with E-state index in [-0.39, 0.29) is 5.91 Å². The summed E-state index contributed by atoms with van der Waals surface area (Å²) in [6, 6.07) is 7.53. The van der Waals surface area contributed by atoms with Gasteiger partial charge in [0.1, 0.15) is 0 Å². The zero-order valence-corrected chi connectivity index (χ0v) is 11.4. The number of anilines is 1. The van der Waals surface area contributed by atoms with Gasteiger partial charge in [0, 0.05) is 24.8 Å². The van der Waals surface area contributed by atoms with Crippen LogP contribution in [0.25, 0.3) is 0 Å². The van der Waals surface area contributed by atoms with Crippen molar-refractivity contribution in [1.29, 1.82) is 0 Å². The Morgan fingerprint density at radius 1 is 1.28 bits per heavy atom. The summed E-state index contributed by atoms with van der Waals surface area (Å²) in [5.74, 6) is -0.209. The summed E-state index contributed by atoms with van der Waals surface area (Å²) >= 11 is 0. The summed E-state index contributed by atoms with van der Waals surface area (Å²) in [4.78, 5) is 18.7. The van der Waals surface area contributed by atoms with Crippen molar-refractivity contribution in [1.82, 2.24) is 5.48 Å². The first-order chi connectivity index (χ1) is 8.69. The normalized spacial score (nSPS) is 10.2. The van der Waals surface area contributed by atoms with Crippen molar-refractivity contribution in [2.45, 2.75) is 26.7 Å². The van der Waals surface area contributed by atoms with Crippen LogP contribution < -0.4 is 10.4 Å². The smallest absolute Gasteiger partial charge is 0.274 e. The maximum Gasteiger partial charge on any atom is 0.274 e. The fraction of sp³-hybridized carbons (Fsp3) is 0.500. The second-order valence-electron chi connectivity index (χ2n) is 4.19. The molecule has 0 spiro atoms. The lowest BCUT2D eigenvalue weighted by Gasteiger charge is -2.19. The van der Waals surface area contributed by atoms with Crippen molar-refractivity contribution >= 4 is 11.6 Å². The molecule has 0 atom stereocenters. The Bertz CT molecular complexity index is 363. The van der Waals surface area contributed by atoms with Crippen LogP contribution in [-0.4, -0.2) is 26.1 Å². The Morgan fingerprint density at radius 2 is 1.94 bits per heavy atom. The predicted octanol–water partition coefficient (Wildman–Crippen LogP) is 2.60. The third kappa shape index (κ3) is 4.37. The van der Waals surface area contributed by atoms with E-state index >= 15 is 0 Å². The van der Waals surface area contributed by atoms with E-state index in [0.717, 1.165) is 12.2 Å². The van der Waals surface area contributed by atoms with Crippen LogP contribution in [0, 0.1) is 0 Å². The van der Waals surface area contributed by atoms with Gasteiger partial charge in [0.25, 0.3) is 5.91 Å². The molecule has 4 heteroatoms. The molecule has 0 aromatic heterocycles. The Balaban J connectivity index is 2.59. The molecule has 0 heterocycles. The van der Waals surface area contributed by atoms with Crippen molar-refractivity contribution in [3.05, 3.63) is 29.8 Å². The highest BCUT2D eigenvalue weighted by Gasteiger charge is 2.06. The second-order valence-corrected chi connectivity index (χ2v) is 4.19. The molecule has 1 aromatic rings. The molecule has 1 rings (SSSR count). The van der Waals surface area contributed by atoms with Crippen molar-refractivity contribution in [2.24, 2.45) is 0 Å². The van der Waals surface area contributed by atoms with Crippen molar-refractivity contribution in [3.63, 3.8) is 0 Å². The molecule has 0 saturated carbocycles. The first kappa shape index (κ1) is 14.5. The van der Waals surface area contributed by atoms with Crippen molar-refractivity contribution in [3.8, 4) is 0 Å². The standard InChI is InChI=1S/C14H22N2O2/c1-4-6-11-16(3)13-9-7-12(8-10-13)14(17)15-18-5-2/h7-10H,4-6,11H2,1-3H3,(H,15,17). The lowest BCUT2D eigenvalue weighted by Crippen LogP contribution is -2.23. The third-order valence-electron chi connectivity index (χ3n) is 2.73. The monoisotopic (exact) mass is 250 g/mol. The molecular weight excluding hydrogens is 228 g/mol. The Labute approximate surface area is 109 Å². The SMILES string of the molecule is CCCCN(C)c1ccc(C(=O)NOCC)cc1. The number of hydrogen-bond acceptors (Lipinski definition) is 3. The van der Waals surface area contributed by atoms with E-state index in [9.17, 15) is 4.79 Å². The van der Waals surface area contributed by atoms with E-state index in [2.05, 4.69) is 24.4 Å². The largest absolute Gasteiger partial charge is 0.375 e. The molecule has 1 amide bonds. The molecule has 1 aromatic carbocycles. The van der Waals surface area contributed by atoms with Gasteiger partial charge in [-0.25, -0.2) is 5.48 Å². The summed E-state index contributed by atoms with van der Waals surface area (Å²) in [7, 11) is 2.06. The summed E-state index contributed by atoms with van der Waals surface area (Å²) < 4.78 is 0. The zero-order chi connectivity index (χ0) is 13.4. The fourth-order valence-corrected chi connectivity index (χ4v) is 1.59. The van der Waals surface area contributed by atoms with Gasteiger partial charge in [-0.15, -0.1) is 0 Å². The molecule has 1 N–H and O–H groups in total. The van der Waals surface area contributed by atoms with Gasteiger partial charge < -0.3 is 4.90 Å².